The number of aryl methyl sites for hydroxylation is 1. The minimum Gasteiger partial charge on any atom is -0.487 e. The monoisotopic (exact) mass is 499 g/mol. The average Bonchev–Trinajstić information content (AvgIpc) is 3.62. The van der Waals surface area contributed by atoms with E-state index in [2.05, 4.69) is 44.6 Å². The zero-order valence-corrected chi connectivity index (χ0v) is 21.2. The van der Waals surface area contributed by atoms with Crippen LogP contribution in [-0.2, 0) is 11.2 Å². The number of rotatable bonds is 2. The second-order valence-electron chi connectivity index (χ2n) is 11.7. The molecule has 4 aromatic rings. The Labute approximate surface area is 215 Å². The predicted molar refractivity (Wildman–Crippen MR) is 141 cm³/mol. The van der Waals surface area contributed by atoms with E-state index in [0.717, 1.165) is 79.4 Å². The number of nitrogens with zero attached hydrogens (tertiary/aromatic N) is 5. The standard InChI is InChI=1S/C28H33N7O2/c1-17-23(29)27(16-36-17)9-12-34(13-10-27)26-31-24-21(25-30-11-14-35(25)26)22(32-33-24)19-3-4-20-18(15-19)5-8-28(37-20)6-2-7-28/h3-4,11,14-15,17,23H,2,5-10,12-13,16,29H2,1H3,(H,32,33)/t17-,23+/m0/s1. The molecule has 2 saturated heterocycles. The van der Waals surface area contributed by atoms with Crippen LogP contribution in [0.4, 0.5) is 5.95 Å². The van der Waals surface area contributed by atoms with Crippen molar-refractivity contribution in [2.45, 2.75) is 69.6 Å². The molecule has 3 fully saturated rings. The molecule has 9 heteroatoms. The number of hydrogen-bond donors (Lipinski definition) is 2. The van der Waals surface area contributed by atoms with E-state index in [1.54, 1.807) is 0 Å². The van der Waals surface area contributed by atoms with Crippen molar-refractivity contribution >= 4 is 22.6 Å². The fourth-order valence-corrected chi connectivity index (χ4v) is 7.08. The summed E-state index contributed by atoms with van der Waals surface area (Å²) in [4.78, 5) is 12.1. The topological polar surface area (TPSA) is 107 Å². The second kappa shape index (κ2) is 7.68. The molecule has 3 N–H and O–H groups in total. The van der Waals surface area contributed by atoms with E-state index < -0.39 is 0 Å². The molecule has 2 atom stereocenters. The number of aromatic nitrogens is 5. The maximum atomic E-state index is 6.55. The Bertz CT molecular complexity index is 1510. The highest BCUT2D eigenvalue weighted by atomic mass is 16.5. The molecule has 6 heterocycles. The maximum Gasteiger partial charge on any atom is 0.213 e. The molecule has 8 rings (SSSR count). The Morgan fingerprint density at radius 2 is 2.00 bits per heavy atom. The first-order valence-corrected chi connectivity index (χ1v) is 13.7. The number of anilines is 1. The van der Waals surface area contributed by atoms with Crippen molar-refractivity contribution in [1.82, 2.24) is 24.6 Å². The lowest BCUT2D eigenvalue weighted by Gasteiger charge is -2.45. The van der Waals surface area contributed by atoms with E-state index in [-0.39, 0.29) is 23.2 Å². The minimum absolute atomic E-state index is 0.0714. The number of H-pyrrole nitrogens is 1. The average molecular weight is 500 g/mol. The number of benzene rings is 1. The molecule has 37 heavy (non-hydrogen) atoms. The number of nitrogens with two attached hydrogens (primary N) is 1. The molecule has 0 bridgehead atoms. The molecule has 1 aliphatic carbocycles. The third kappa shape index (κ3) is 3.13. The predicted octanol–water partition coefficient (Wildman–Crippen LogP) is 3.85. The van der Waals surface area contributed by atoms with Gasteiger partial charge in [-0.2, -0.15) is 10.1 Å². The van der Waals surface area contributed by atoms with E-state index in [4.69, 9.17) is 25.2 Å². The normalized spacial score (nSPS) is 26.1. The van der Waals surface area contributed by atoms with E-state index in [0.29, 0.717) is 5.65 Å². The van der Waals surface area contributed by atoms with Crippen LogP contribution in [0.3, 0.4) is 0 Å². The lowest BCUT2D eigenvalue weighted by atomic mass is 9.73. The molecule has 0 radical (unpaired) electrons. The van der Waals surface area contributed by atoms with Gasteiger partial charge in [-0.3, -0.25) is 9.50 Å². The van der Waals surface area contributed by atoms with Crippen LogP contribution in [-0.4, -0.2) is 62.0 Å². The fraction of sp³-hybridized carbons (Fsp3) is 0.536. The largest absolute Gasteiger partial charge is 0.487 e. The number of nitrogens with one attached hydrogen (secondary N) is 1. The summed E-state index contributed by atoms with van der Waals surface area (Å²) in [5.41, 5.74) is 11.6. The SMILES string of the molecule is C[C@@H]1OCC2(CCN(c3nc4n[nH]c(-c5ccc6c(c5)CCC5(CCC5)O6)c4c4nccn34)CC2)[C@@H]1N. The highest BCUT2D eigenvalue weighted by Crippen LogP contribution is 2.46. The summed E-state index contributed by atoms with van der Waals surface area (Å²) < 4.78 is 14.5. The van der Waals surface area contributed by atoms with E-state index in [1.165, 1.54) is 24.8 Å². The zero-order valence-electron chi connectivity index (χ0n) is 21.2. The summed E-state index contributed by atoms with van der Waals surface area (Å²) in [6.07, 6.45) is 11.8. The van der Waals surface area contributed by atoms with Crippen molar-refractivity contribution < 1.29 is 9.47 Å². The molecule has 0 unspecified atom stereocenters. The zero-order chi connectivity index (χ0) is 24.8. The lowest BCUT2D eigenvalue weighted by Crippen LogP contribution is -2.51. The van der Waals surface area contributed by atoms with Crippen molar-refractivity contribution in [3.63, 3.8) is 0 Å². The molecule has 1 aromatic carbocycles. The van der Waals surface area contributed by atoms with Crippen molar-refractivity contribution in [2.24, 2.45) is 11.1 Å². The van der Waals surface area contributed by atoms with Gasteiger partial charge in [0.05, 0.1) is 23.8 Å². The third-order valence-electron chi connectivity index (χ3n) is 9.71. The van der Waals surface area contributed by atoms with Crippen LogP contribution < -0.4 is 15.4 Å². The van der Waals surface area contributed by atoms with Crippen molar-refractivity contribution in [2.75, 3.05) is 24.6 Å². The third-order valence-corrected chi connectivity index (χ3v) is 9.71. The van der Waals surface area contributed by atoms with Crippen LogP contribution in [0.1, 0.15) is 51.0 Å². The number of fused-ring (bicyclic) bond motifs is 4. The van der Waals surface area contributed by atoms with Gasteiger partial charge >= 0.3 is 0 Å². The van der Waals surface area contributed by atoms with Gasteiger partial charge in [0.2, 0.25) is 5.95 Å². The Balaban J connectivity index is 1.14. The van der Waals surface area contributed by atoms with E-state index in [1.807, 2.05) is 12.4 Å². The van der Waals surface area contributed by atoms with Gasteiger partial charge in [-0.15, -0.1) is 0 Å². The summed E-state index contributed by atoms with van der Waals surface area (Å²) in [6.45, 7) is 4.62. The Kier molecular flexibility index (Phi) is 4.54. The van der Waals surface area contributed by atoms with Gasteiger partial charge < -0.3 is 20.1 Å². The van der Waals surface area contributed by atoms with Crippen LogP contribution in [0.15, 0.2) is 30.6 Å². The molecule has 2 spiro atoms. The Morgan fingerprint density at radius 3 is 2.76 bits per heavy atom. The first-order valence-electron chi connectivity index (χ1n) is 13.7. The number of imidazole rings is 1. The molecule has 0 amide bonds. The highest BCUT2D eigenvalue weighted by molar-refractivity contribution is 6.01. The highest BCUT2D eigenvalue weighted by Gasteiger charge is 2.48. The molecule has 192 valence electrons. The summed E-state index contributed by atoms with van der Waals surface area (Å²) in [5.74, 6) is 1.92. The smallest absolute Gasteiger partial charge is 0.213 e. The van der Waals surface area contributed by atoms with Crippen LogP contribution >= 0.6 is 0 Å². The van der Waals surface area contributed by atoms with Crippen molar-refractivity contribution in [3.8, 4) is 17.0 Å². The molecule has 3 aromatic heterocycles. The molecule has 9 nitrogen and oxygen atoms in total. The van der Waals surface area contributed by atoms with Crippen LogP contribution in [0, 0.1) is 5.41 Å². The van der Waals surface area contributed by atoms with Gasteiger partial charge in [-0.1, -0.05) is 0 Å². The summed E-state index contributed by atoms with van der Waals surface area (Å²) in [7, 11) is 0. The number of piperidine rings is 1. The number of hydrogen-bond acceptors (Lipinski definition) is 7. The van der Waals surface area contributed by atoms with Crippen molar-refractivity contribution in [3.05, 3.63) is 36.2 Å². The van der Waals surface area contributed by atoms with Crippen molar-refractivity contribution in [1.29, 1.82) is 0 Å². The van der Waals surface area contributed by atoms with Crippen LogP contribution in [0.5, 0.6) is 5.75 Å². The Morgan fingerprint density at radius 1 is 1.14 bits per heavy atom. The molecule has 3 aliphatic heterocycles. The van der Waals surface area contributed by atoms with Gasteiger partial charge in [-0.05, 0) is 75.6 Å². The van der Waals surface area contributed by atoms with E-state index >= 15 is 0 Å². The summed E-state index contributed by atoms with van der Waals surface area (Å²) in [5, 5.41) is 8.88. The van der Waals surface area contributed by atoms with Gasteiger partial charge in [-0.25, -0.2) is 4.98 Å². The second-order valence-corrected chi connectivity index (χ2v) is 11.7. The van der Waals surface area contributed by atoms with Crippen LogP contribution in [0.25, 0.3) is 27.9 Å². The van der Waals surface area contributed by atoms with E-state index in [9.17, 15) is 0 Å². The fourth-order valence-electron chi connectivity index (χ4n) is 7.08. The van der Waals surface area contributed by atoms with Gasteiger partial charge in [0.1, 0.15) is 11.4 Å². The summed E-state index contributed by atoms with van der Waals surface area (Å²) in [6, 6.07) is 6.60. The number of ether oxygens (including phenoxy) is 2. The number of aromatic amines is 1. The lowest BCUT2D eigenvalue weighted by molar-refractivity contribution is -0.0249. The van der Waals surface area contributed by atoms with Gasteiger partial charge in [0.15, 0.2) is 11.3 Å². The molecular weight excluding hydrogens is 466 g/mol. The first kappa shape index (κ1) is 21.9. The summed E-state index contributed by atoms with van der Waals surface area (Å²) >= 11 is 0. The first-order chi connectivity index (χ1) is 18.0. The molecular formula is C28H33N7O2. The minimum atomic E-state index is 0.0714. The van der Waals surface area contributed by atoms with Crippen LogP contribution in [0.2, 0.25) is 0 Å². The maximum absolute atomic E-state index is 6.55. The molecule has 1 saturated carbocycles. The Hall–Kier alpha value is -3.17. The van der Waals surface area contributed by atoms with Gasteiger partial charge in [0, 0.05) is 42.5 Å². The van der Waals surface area contributed by atoms with Gasteiger partial charge in [0.25, 0.3) is 0 Å². The molecule has 4 aliphatic rings. The quantitative estimate of drug-likeness (QED) is 0.431.